The largest absolute Gasteiger partial charge is 0.444 e. The number of halogens is 3. The Balaban J connectivity index is 2.43. The lowest BCUT2D eigenvalue weighted by Gasteiger charge is -2.45. The zero-order chi connectivity index (χ0) is 18.9. The molecule has 0 saturated carbocycles. The van der Waals surface area contributed by atoms with Gasteiger partial charge >= 0.3 is 12.3 Å². The highest BCUT2D eigenvalue weighted by Gasteiger charge is 2.43. The van der Waals surface area contributed by atoms with Gasteiger partial charge in [-0.1, -0.05) is 12.1 Å². The molecule has 0 radical (unpaired) electrons. The average molecular weight is 358 g/mol. The molecule has 0 atom stereocenters. The van der Waals surface area contributed by atoms with E-state index in [-0.39, 0.29) is 0 Å². The summed E-state index contributed by atoms with van der Waals surface area (Å²) in [6.07, 6.45) is -3.92. The van der Waals surface area contributed by atoms with Crippen molar-refractivity contribution in [3.05, 3.63) is 35.4 Å². The number of hydrogen-bond acceptors (Lipinski definition) is 3. The van der Waals surface area contributed by atoms with Gasteiger partial charge in [0, 0.05) is 7.05 Å². The Morgan fingerprint density at radius 3 is 2.32 bits per heavy atom. The van der Waals surface area contributed by atoms with Crippen LogP contribution in [0.5, 0.6) is 0 Å². The van der Waals surface area contributed by atoms with E-state index >= 15 is 0 Å². The number of ether oxygens (including phenoxy) is 1. The van der Waals surface area contributed by atoms with E-state index in [0.717, 1.165) is 12.1 Å². The molecule has 0 unspecified atom stereocenters. The molecule has 1 fully saturated rings. The molecular formula is C18H25F3N2O2. The minimum atomic E-state index is -4.42. The van der Waals surface area contributed by atoms with Crippen LogP contribution in [0.2, 0.25) is 0 Å². The van der Waals surface area contributed by atoms with Gasteiger partial charge in [0.15, 0.2) is 0 Å². The third-order valence-corrected chi connectivity index (χ3v) is 4.47. The summed E-state index contributed by atoms with van der Waals surface area (Å²) in [6, 6.07) is 5.24. The highest BCUT2D eigenvalue weighted by molar-refractivity contribution is 5.69. The number of rotatable bonds is 2. The predicted octanol–water partition coefficient (Wildman–Crippen LogP) is 4.15. The van der Waals surface area contributed by atoms with E-state index in [9.17, 15) is 18.0 Å². The van der Waals surface area contributed by atoms with E-state index in [4.69, 9.17) is 4.74 Å². The summed E-state index contributed by atoms with van der Waals surface area (Å²) >= 11 is 0. The summed E-state index contributed by atoms with van der Waals surface area (Å²) < 4.78 is 44.8. The van der Waals surface area contributed by atoms with Crippen LogP contribution in [0.4, 0.5) is 18.0 Å². The lowest BCUT2D eigenvalue weighted by molar-refractivity contribution is -0.137. The first-order valence-corrected chi connectivity index (χ1v) is 8.31. The summed E-state index contributed by atoms with van der Waals surface area (Å²) in [4.78, 5) is 14.0. The van der Waals surface area contributed by atoms with Crippen LogP contribution in [0.15, 0.2) is 24.3 Å². The van der Waals surface area contributed by atoms with Crippen molar-refractivity contribution in [3.8, 4) is 0 Å². The molecule has 2 rings (SSSR count). The maximum absolute atomic E-state index is 13.1. The Morgan fingerprint density at radius 1 is 1.20 bits per heavy atom. The van der Waals surface area contributed by atoms with Crippen molar-refractivity contribution in [1.82, 2.24) is 10.2 Å². The van der Waals surface area contributed by atoms with Crippen LogP contribution in [-0.2, 0) is 16.5 Å². The molecule has 0 aliphatic carbocycles. The predicted molar refractivity (Wildman–Crippen MR) is 89.2 cm³/mol. The summed E-state index contributed by atoms with van der Waals surface area (Å²) in [6.45, 7) is 6.51. The molecule has 1 aromatic rings. The van der Waals surface area contributed by atoms with E-state index in [1.54, 1.807) is 33.9 Å². The number of benzene rings is 1. The molecule has 1 aliphatic heterocycles. The Labute approximate surface area is 146 Å². The molecule has 25 heavy (non-hydrogen) atoms. The van der Waals surface area contributed by atoms with E-state index in [2.05, 4.69) is 5.32 Å². The first-order chi connectivity index (χ1) is 11.5. The molecule has 0 bridgehead atoms. The molecule has 1 heterocycles. The summed E-state index contributed by atoms with van der Waals surface area (Å²) in [5, 5.41) is 3.20. The second kappa shape index (κ2) is 6.86. The molecule has 0 aromatic heterocycles. The quantitative estimate of drug-likeness (QED) is 0.863. The normalized spacial score (nSPS) is 17.9. The number of amides is 1. The number of piperidine rings is 1. The third kappa shape index (κ3) is 4.45. The summed E-state index contributed by atoms with van der Waals surface area (Å²) in [5.74, 6) is 0. The highest BCUT2D eigenvalue weighted by Crippen LogP contribution is 2.39. The molecule has 1 N–H and O–H groups in total. The van der Waals surface area contributed by atoms with Crippen LogP contribution in [0, 0.1) is 0 Å². The average Bonchev–Trinajstić information content (AvgIpc) is 2.52. The number of hydrogen-bond donors (Lipinski definition) is 1. The molecule has 140 valence electrons. The second-order valence-electron chi connectivity index (χ2n) is 7.40. The SMILES string of the molecule is CN(C(=O)OC(C)(C)C)C1(c2cccc(C(F)(F)F)c2)CCNCC1. The number of nitrogens with one attached hydrogen (secondary N) is 1. The van der Waals surface area contributed by atoms with Gasteiger partial charge in [0.05, 0.1) is 11.1 Å². The van der Waals surface area contributed by atoms with Crippen molar-refractivity contribution in [2.75, 3.05) is 20.1 Å². The fourth-order valence-electron chi connectivity index (χ4n) is 3.15. The van der Waals surface area contributed by atoms with Crippen molar-refractivity contribution >= 4 is 6.09 Å². The maximum Gasteiger partial charge on any atom is 0.416 e. The van der Waals surface area contributed by atoms with Gasteiger partial charge in [-0.25, -0.2) is 4.79 Å². The van der Waals surface area contributed by atoms with Crippen LogP contribution in [0.3, 0.4) is 0 Å². The first kappa shape index (κ1) is 19.6. The van der Waals surface area contributed by atoms with Gasteiger partial charge in [-0.15, -0.1) is 0 Å². The van der Waals surface area contributed by atoms with Crippen LogP contribution in [0.25, 0.3) is 0 Å². The van der Waals surface area contributed by atoms with Gasteiger partial charge in [0.2, 0.25) is 0 Å². The van der Waals surface area contributed by atoms with Gasteiger partial charge in [-0.05, 0) is 64.4 Å². The standard InChI is InChI=1S/C18H25F3N2O2/c1-16(2,3)25-15(24)23(4)17(8-10-22-11-9-17)13-6-5-7-14(12-13)18(19,20)21/h5-7,12,22H,8-11H2,1-4H3. The van der Waals surface area contributed by atoms with Gasteiger partial charge in [-0.2, -0.15) is 13.2 Å². The van der Waals surface area contributed by atoms with Crippen molar-refractivity contribution in [1.29, 1.82) is 0 Å². The molecule has 4 nitrogen and oxygen atoms in total. The van der Waals surface area contributed by atoms with Gasteiger partial charge in [-0.3, -0.25) is 0 Å². The third-order valence-electron chi connectivity index (χ3n) is 4.47. The van der Waals surface area contributed by atoms with E-state index < -0.39 is 29.0 Å². The molecule has 1 saturated heterocycles. The van der Waals surface area contributed by atoms with Gasteiger partial charge in [0.25, 0.3) is 0 Å². The Hall–Kier alpha value is -1.76. The van der Waals surface area contributed by atoms with E-state index in [1.807, 2.05) is 0 Å². The van der Waals surface area contributed by atoms with Crippen LogP contribution >= 0.6 is 0 Å². The van der Waals surface area contributed by atoms with Crippen LogP contribution in [-0.4, -0.2) is 36.7 Å². The molecule has 1 aliphatic rings. The van der Waals surface area contributed by atoms with Crippen molar-refractivity contribution < 1.29 is 22.7 Å². The van der Waals surface area contributed by atoms with Crippen molar-refractivity contribution in [2.24, 2.45) is 0 Å². The lowest BCUT2D eigenvalue weighted by Crippen LogP contribution is -2.54. The monoisotopic (exact) mass is 358 g/mol. The molecule has 1 aromatic carbocycles. The van der Waals surface area contributed by atoms with Gasteiger partial charge in [0.1, 0.15) is 5.60 Å². The summed E-state index contributed by atoms with van der Waals surface area (Å²) in [7, 11) is 1.60. The summed E-state index contributed by atoms with van der Waals surface area (Å²) in [5.41, 5.74) is -1.72. The van der Waals surface area contributed by atoms with E-state index in [1.165, 1.54) is 11.0 Å². The second-order valence-corrected chi connectivity index (χ2v) is 7.40. The van der Waals surface area contributed by atoms with Crippen LogP contribution in [0.1, 0.15) is 44.7 Å². The Morgan fingerprint density at radius 2 is 1.80 bits per heavy atom. The Kier molecular flexibility index (Phi) is 5.37. The fourth-order valence-corrected chi connectivity index (χ4v) is 3.15. The number of alkyl halides is 3. The molecule has 1 amide bonds. The molecule has 0 spiro atoms. The van der Waals surface area contributed by atoms with Gasteiger partial charge < -0.3 is 15.0 Å². The first-order valence-electron chi connectivity index (χ1n) is 8.31. The maximum atomic E-state index is 13.1. The number of nitrogens with zero attached hydrogens (tertiary/aromatic N) is 1. The minimum Gasteiger partial charge on any atom is -0.444 e. The number of carbonyl (C=O) groups is 1. The zero-order valence-corrected chi connectivity index (χ0v) is 15.0. The van der Waals surface area contributed by atoms with E-state index in [0.29, 0.717) is 31.5 Å². The van der Waals surface area contributed by atoms with Crippen LogP contribution < -0.4 is 5.32 Å². The minimum absolute atomic E-state index is 0.484. The molecule has 7 heteroatoms. The molecular weight excluding hydrogens is 333 g/mol. The van der Waals surface area contributed by atoms with Crippen molar-refractivity contribution in [2.45, 2.75) is 50.9 Å². The topological polar surface area (TPSA) is 41.6 Å². The Bertz CT molecular complexity index is 617. The highest BCUT2D eigenvalue weighted by atomic mass is 19.4. The zero-order valence-electron chi connectivity index (χ0n) is 15.0. The van der Waals surface area contributed by atoms with Crippen molar-refractivity contribution in [3.63, 3.8) is 0 Å². The fraction of sp³-hybridized carbons (Fsp3) is 0.611. The lowest BCUT2D eigenvalue weighted by atomic mass is 9.79. The number of carbonyl (C=O) groups excluding carboxylic acids is 1. The smallest absolute Gasteiger partial charge is 0.416 e.